The van der Waals surface area contributed by atoms with E-state index in [0.717, 1.165) is 0 Å². The van der Waals surface area contributed by atoms with Gasteiger partial charge in [0, 0.05) is 25.2 Å². The molecule has 3 heterocycles. The Morgan fingerprint density at radius 3 is 2.48 bits per heavy atom. The largest absolute Gasteiger partial charge is 0.493 e. The lowest BCUT2D eigenvalue weighted by Gasteiger charge is -2.36. The average molecular weight is 400 g/mol. The first-order valence-corrected chi connectivity index (χ1v) is 8.86. The molecule has 4 rings (SSSR count). The molecule has 1 aliphatic rings. The van der Waals surface area contributed by atoms with Crippen molar-refractivity contribution in [2.24, 2.45) is 0 Å². The van der Waals surface area contributed by atoms with E-state index in [0.29, 0.717) is 53.5 Å². The SMILES string of the molecule is COc1cc(NC(=O)N2CC(c3nc(-c4ccco4)no3)C2)cc(OC)c1OC. The Bertz CT molecular complexity index is 969. The van der Waals surface area contributed by atoms with Crippen LogP contribution in [0, 0.1) is 0 Å². The Morgan fingerprint density at radius 1 is 1.17 bits per heavy atom. The minimum atomic E-state index is -0.249. The molecule has 0 bridgehead atoms. The van der Waals surface area contributed by atoms with E-state index in [1.165, 1.54) is 21.3 Å². The van der Waals surface area contributed by atoms with Crippen molar-refractivity contribution in [3.63, 3.8) is 0 Å². The van der Waals surface area contributed by atoms with Gasteiger partial charge in [-0.25, -0.2) is 4.79 Å². The fraction of sp³-hybridized carbons (Fsp3) is 0.316. The molecule has 0 unspecified atom stereocenters. The first-order chi connectivity index (χ1) is 14.1. The summed E-state index contributed by atoms with van der Waals surface area (Å²) in [7, 11) is 4.56. The van der Waals surface area contributed by atoms with E-state index in [1.54, 1.807) is 35.4 Å². The zero-order valence-electron chi connectivity index (χ0n) is 16.2. The summed E-state index contributed by atoms with van der Waals surface area (Å²) in [6.07, 6.45) is 1.55. The summed E-state index contributed by atoms with van der Waals surface area (Å²) in [6, 6.07) is 6.60. The molecule has 1 fully saturated rings. The Labute approximate surface area is 166 Å². The van der Waals surface area contributed by atoms with Gasteiger partial charge in [-0.1, -0.05) is 5.16 Å². The number of nitrogens with one attached hydrogen (secondary N) is 1. The van der Waals surface area contributed by atoms with Crippen molar-refractivity contribution in [2.75, 3.05) is 39.7 Å². The van der Waals surface area contributed by atoms with Crippen molar-refractivity contribution in [1.29, 1.82) is 0 Å². The van der Waals surface area contributed by atoms with Gasteiger partial charge in [0.2, 0.25) is 17.5 Å². The van der Waals surface area contributed by atoms with Crippen LogP contribution in [0.4, 0.5) is 10.5 Å². The Kier molecular flexibility index (Phi) is 4.98. The summed E-state index contributed by atoms with van der Waals surface area (Å²) in [5.74, 6) is 2.77. The molecule has 2 aromatic heterocycles. The summed E-state index contributed by atoms with van der Waals surface area (Å²) < 4.78 is 26.4. The second kappa shape index (κ2) is 7.74. The molecule has 1 aromatic carbocycles. The molecule has 3 aromatic rings. The number of benzene rings is 1. The number of furan rings is 1. The smallest absolute Gasteiger partial charge is 0.321 e. The number of aromatic nitrogens is 2. The van der Waals surface area contributed by atoms with Crippen molar-refractivity contribution < 1.29 is 27.9 Å². The second-order valence-electron chi connectivity index (χ2n) is 6.38. The topological polar surface area (TPSA) is 112 Å². The van der Waals surface area contributed by atoms with E-state index in [-0.39, 0.29) is 11.9 Å². The predicted molar refractivity (Wildman–Crippen MR) is 101 cm³/mol. The maximum Gasteiger partial charge on any atom is 0.321 e. The number of ether oxygens (including phenoxy) is 3. The van der Waals surface area contributed by atoms with Gasteiger partial charge >= 0.3 is 6.03 Å². The number of hydrogen-bond acceptors (Lipinski definition) is 8. The van der Waals surface area contributed by atoms with E-state index in [1.807, 2.05) is 0 Å². The van der Waals surface area contributed by atoms with Crippen LogP contribution in [-0.4, -0.2) is 55.5 Å². The lowest BCUT2D eigenvalue weighted by Crippen LogP contribution is -2.50. The van der Waals surface area contributed by atoms with Crippen LogP contribution >= 0.6 is 0 Å². The molecule has 0 radical (unpaired) electrons. The van der Waals surface area contributed by atoms with E-state index in [2.05, 4.69) is 15.5 Å². The molecule has 0 saturated carbocycles. The number of likely N-dealkylation sites (tertiary alicyclic amines) is 1. The molecule has 10 heteroatoms. The normalized spacial score (nSPS) is 13.7. The van der Waals surface area contributed by atoms with Crippen LogP contribution in [0.5, 0.6) is 17.2 Å². The van der Waals surface area contributed by atoms with Gasteiger partial charge in [-0.3, -0.25) is 0 Å². The van der Waals surface area contributed by atoms with Gasteiger partial charge in [-0.2, -0.15) is 4.98 Å². The number of amides is 2. The average Bonchev–Trinajstić information content (AvgIpc) is 3.37. The summed E-state index contributed by atoms with van der Waals surface area (Å²) in [6.45, 7) is 0.937. The van der Waals surface area contributed by atoms with Gasteiger partial charge in [0.1, 0.15) is 0 Å². The molecule has 152 valence electrons. The summed E-state index contributed by atoms with van der Waals surface area (Å²) in [5.41, 5.74) is 0.533. The van der Waals surface area contributed by atoms with Gasteiger partial charge in [0.15, 0.2) is 17.3 Å². The van der Waals surface area contributed by atoms with E-state index in [9.17, 15) is 4.79 Å². The van der Waals surface area contributed by atoms with E-state index < -0.39 is 0 Å². The molecule has 1 aliphatic heterocycles. The molecule has 10 nitrogen and oxygen atoms in total. The number of anilines is 1. The molecular formula is C19H20N4O6. The van der Waals surface area contributed by atoms with Crippen LogP contribution in [-0.2, 0) is 0 Å². The third kappa shape index (κ3) is 3.56. The quantitative estimate of drug-likeness (QED) is 0.672. The second-order valence-corrected chi connectivity index (χ2v) is 6.38. The van der Waals surface area contributed by atoms with Crippen LogP contribution < -0.4 is 19.5 Å². The molecule has 1 N–H and O–H groups in total. The van der Waals surface area contributed by atoms with Crippen LogP contribution in [0.3, 0.4) is 0 Å². The molecular weight excluding hydrogens is 380 g/mol. The molecule has 0 aliphatic carbocycles. The highest BCUT2D eigenvalue weighted by Gasteiger charge is 2.36. The number of hydrogen-bond donors (Lipinski definition) is 1. The molecule has 0 atom stereocenters. The maximum atomic E-state index is 12.5. The Morgan fingerprint density at radius 2 is 1.90 bits per heavy atom. The Hall–Kier alpha value is -3.69. The third-order valence-electron chi connectivity index (χ3n) is 4.62. The van der Waals surface area contributed by atoms with Crippen molar-refractivity contribution in [3.05, 3.63) is 36.4 Å². The number of urea groups is 1. The molecule has 29 heavy (non-hydrogen) atoms. The van der Waals surface area contributed by atoms with E-state index >= 15 is 0 Å². The van der Waals surface area contributed by atoms with Crippen molar-refractivity contribution in [2.45, 2.75) is 5.92 Å². The number of nitrogens with zero attached hydrogens (tertiary/aromatic N) is 3. The van der Waals surface area contributed by atoms with Crippen LogP contribution in [0.1, 0.15) is 11.8 Å². The standard InChI is InChI=1S/C19H20N4O6/c1-25-14-7-12(8-15(26-2)16(14)27-3)20-19(24)23-9-11(10-23)18-21-17(22-29-18)13-5-4-6-28-13/h4-8,11H,9-10H2,1-3H3,(H,20,24). The summed E-state index contributed by atoms with van der Waals surface area (Å²) in [4.78, 5) is 18.5. The lowest BCUT2D eigenvalue weighted by atomic mass is 10.0. The third-order valence-corrected chi connectivity index (χ3v) is 4.62. The van der Waals surface area contributed by atoms with Crippen molar-refractivity contribution in [1.82, 2.24) is 15.0 Å². The first kappa shape index (κ1) is 18.7. The highest BCUT2D eigenvalue weighted by Crippen LogP contribution is 2.40. The number of rotatable bonds is 6. The fourth-order valence-electron chi connectivity index (χ4n) is 3.06. The summed E-state index contributed by atoms with van der Waals surface area (Å²) >= 11 is 0. The van der Waals surface area contributed by atoms with Crippen LogP contribution in [0.15, 0.2) is 39.5 Å². The van der Waals surface area contributed by atoms with Crippen LogP contribution in [0.2, 0.25) is 0 Å². The Balaban J connectivity index is 1.39. The monoisotopic (exact) mass is 400 g/mol. The van der Waals surface area contributed by atoms with Gasteiger partial charge in [0.05, 0.1) is 39.2 Å². The zero-order valence-corrected chi connectivity index (χ0v) is 16.2. The molecule has 1 saturated heterocycles. The first-order valence-electron chi connectivity index (χ1n) is 8.86. The minimum Gasteiger partial charge on any atom is -0.493 e. The predicted octanol–water partition coefficient (Wildman–Crippen LogP) is 2.99. The minimum absolute atomic E-state index is 0.0168. The number of carbonyl (C=O) groups excluding carboxylic acids is 1. The van der Waals surface area contributed by atoms with Gasteiger partial charge in [0.25, 0.3) is 0 Å². The maximum absolute atomic E-state index is 12.5. The van der Waals surface area contributed by atoms with E-state index in [4.69, 9.17) is 23.2 Å². The van der Waals surface area contributed by atoms with Crippen molar-refractivity contribution in [3.8, 4) is 28.8 Å². The van der Waals surface area contributed by atoms with Gasteiger partial charge in [-0.05, 0) is 12.1 Å². The van der Waals surface area contributed by atoms with Gasteiger partial charge in [-0.15, -0.1) is 0 Å². The molecule has 2 amide bonds. The van der Waals surface area contributed by atoms with Crippen LogP contribution in [0.25, 0.3) is 11.6 Å². The number of carbonyl (C=O) groups is 1. The van der Waals surface area contributed by atoms with Gasteiger partial charge < -0.3 is 33.4 Å². The highest BCUT2D eigenvalue weighted by molar-refractivity contribution is 5.91. The molecule has 0 spiro atoms. The lowest BCUT2D eigenvalue weighted by molar-refractivity contribution is 0.147. The fourth-order valence-corrected chi connectivity index (χ4v) is 3.06. The summed E-state index contributed by atoms with van der Waals surface area (Å²) in [5, 5.41) is 6.75. The zero-order chi connectivity index (χ0) is 20.4. The van der Waals surface area contributed by atoms with Crippen molar-refractivity contribution >= 4 is 11.7 Å². The number of methoxy groups -OCH3 is 3. The highest BCUT2D eigenvalue weighted by atomic mass is 16.5.